The highest BCUT2D eigenvalue weighted by Crippen LogP contribution is 2.63. The molecule has 1 N–H and O–H groups in total. The van der Waals surface area contributed by atoms with E-state index < -0.39 is 0 Å². The molecule has 2 aliphatic rings. The van der Waals surface area contributed by atoms with Crippen LogP contribution in [-0.2, 0) is 0 Å². The van der Waals surface area contributed by atoms with Crippen molar-refractivity contribution in [3.63, 3.8) is 0 Å². The van der Waals surface area contributed by atoms with E-state index in [9.17, 15) is 0 Å². The first kappa shape index (κ1) is 6.62. The van der Waals surface area contributed by atoms with Gasteiger partial charge < -0.3 is 5.32 Å². The van der Waals surface area contributed by atoms with E-state index in [2.05, 4.69) is 37.2 Å². The minimum absolute atomic E-state index is 0.309. The van der Waals surface area contributed by atoms with Crippen LogP contribution in [0.4, 0.5) is 0 Å². The number of hydrogen-bond donors (Lipinski definition) is 1. The fourth-order valence-electron chi connectivity index (χ4n) is 1.65. The van der Waals surface area contributed by atoms with Crippen molar-refractivity contribution in [2.24, 2.45) is 11.8 Å². The highest BCUT2D eigenvalue weighted by Gasteiger charge is 2.61. The van der Waals surface area contributed by atoms with Gasteiger partial charge in [0.05, 0.1) is 3.23 Å². The lowest BCUT2D eigenvalue weighted by Gasteiger charge is -2.07. The second-order valence-electron chi connectivity index (χ2n) is 2.88. The van der Waals surface area contributed by atoms with E-state index in [0.29, 0.717) is 3.23 Å². The summed E-state index contributed by atoms with van der Waals surface area (Å²) >= 11 is 7.31. The van der Waals surface area contributed by atoms with E-state index in [1.54, 1.807) is 0 Å². The van der Waals surface area contributed by atoms with Crippen LogP contribution in [-0.4, -0.2) is 16.3 Å². The number of nitrogens with one attached hydrogen (secondary N) is 1. The number of hydrogen-bond acceptors (Lipinski definition) is 1. The van der Waals surface area contributed by atoms with Crippen LogP contribution < -0.4 is 5.32 Å². The van der Waals surface area contributed by atoms with Crippen LogP contribution in [0.1, 0.15) is 6.42 Å². The maximum Gasteiger partial charge on any atom is 0.0881 e. The smallest absolute Gasteiger partial charge is 0.0881 e. The van der Waals surface area contributed by atoms with Crippen LogP contribution in [0.3, 0.4) is 0 Å². The summed E-state index contributed by atoms with van der Waals surface area (Å²) in [6.45, 7) is 2.38. The van der Waals surface area contributed by atoms with Crippen molar-refractivity contribution >= 4 is 31.9 Å². The van der Waals surface area contributed by atoms with E-state index in [1.807, 2.05) is 0 Å². The molecule has 1 heterocycles. The molecule has 0 aromatic carbocycles. The summed E-state index contributed by atoms with van der Waals surface area (Å²) in [7, 11) is 0. The molecule has 1 aliphatic carbocycles. The Balaban J connectivity index is 2.06. The Kier molecular flexibility index (Phi) is 1.44. The van der Waals surface area contributed by atoms with Gasteiger partial charge in [-0.1, -0.05) is 31.9 Å². The van der Waals surface area contributed by atoms with Gasteiger partial charge in [-0.15, -0.1) is 0 Å². The lowest BCUT2D eigenvalue weighted by atomic mass is 10.2. The number of fused-ring (bicyclic) bond motifs is 1. The predicted molar refractivity (Wildman–Crippen MR) is 45.1 cm³/mol. The van der Waals surface area contributed by atoms with Gasteiger partial charge in [0.15, 0.2) is 0 Å². The van der Waals surface area contributed by atoms with E-state index >= 15 is 0 Å². The van der Waals surface area contributed by atoms with Gasteiger partial charge >= 0.3 is 0 Å². The molecule has 2 fully saturated rings. The topological polar surface area (TPSA) is 12.0 Å². The van der Waals surface area contributed by atoms with Crippen LogP contribution in [0.2, 0.25) is 0 Å². The maximum absolute atomic E-state index is 3.66. The molecular weight excluding hydrogens is 246 g/mol. The molecule has 2 rings (SSSR count). The van der Waals surface area contributed by atoms with Crippen molar-refractivity contribution < 1.29 is 0 Å². The van der Waals surface area contributed by atoms with Gasteiger partial charge in [0.25, 0.3) is 0 Å². The van der Waals surface area contributed by atoms with Crippen LogP contribution in [0, 0.1) is 11.8 Å². The normalized spacial score (nSPS) is 46.0. The highest BCUT2D eigenvalue weighted by molar-refractivity contribution is 9.25. The standard InChI is InChI=1S/C6H9Br2N/c7-6(8)4-1-2-9-3-5(4)6/h4-5,9H,1-3H2/t4-,5+/m0/s1. The van der Waals surface area contributed by atoms with Gasteiger partial charge in [0.1, 0.15) is 0 Å². The summed E-state index contributed by atoms with van der Waals surface area (Å²) in [5.41, 5.74) is 0. The molecule has 1 saturated heterocycles. The third-order valence-corrected chi connectivity index (χ3v) is 4.71. The summed E-state index contributed by atoms with van der Waals surface area (Å²) in [6, 6.07) is 0. The Bertz CT molecular complexity index is 121. The average Bonchev–Trinajstić information content (AvgIpc) is 2.39. The molecule has 3 heteroatoms. The van der Waals surface area contributed by atoms with E-state index in [-0.39, 0.29) is 0 Å². The van der Waals surface area contributed by atoms with Gasteiger partial charge in [0, 0.05) is 12.5 Å². The van der Waals surface area contributed by atoms with Crippen molar-refractivity contribution in [2.45, 2.75) is 9.65 Å². The summed E-state index contributed by atoms with van der Waals surface area (Å²) in [5, 5.41) is 3.37. The Morgan fingerprint density at radius 1 is 1.33 bits per heavy atom. The molecule has 0 bridgehead atoms. The minimum Gasteiger partial charge on any atom is -0.316 e. The Morgan fingerprint density at radius 2 is 2.11 bits per heavy atom. The molecule has 1 aliphatic heterocycles. The largest absolute Gasteiger partial charge is 0.316 e. The second-order valence-corrected chi connectivity index (χ2v) is 6.57. The Labute approximate surface area is 71.8 Å². The van der Waals surface area contributed by atoms with Crippen LogP contribution in [0.5, 0.6) is 0 Å². The van der Waals surface area contributed by atoms with E-state index in [1.165, 1.54) is 19.5 Å². The molecule has 0 radical (unpaired) electrons. The molecule has 52 valence electrons. The van der Waals surface area contributed by atoms with Crippen molar-refractivity contribution in [1.29, 1.82) is 0 Å². The summed E-state index contributed by atoms with van der Waals surface area (Å²) < 4.78 is 0.309. The third kappa shape index (κ3) is 0.889. The fourth-order valence-corrected chi connectivity index (χ4v) is 3.44. The first-order valence-electron chi connectivity index (χ1n) is 3.31. The van der Waals surface area contributed by atoms with Gasteiger partial charge in [0.2, 0.25) is 0 Å². The lowest BCUT2D eigenvalue weighted by molar-refractivity contribution is 0.497. The van der Waals surface area contributed by atoms with Gasteiger partial charge in [-0.3, -0.25) is 0 Å². The number of piperidine rings is 1. The molecule has 9 heavy (non-hydrogen) atoms. The molecule has 0 unspecified atom stereocenters. The summed E-state index contributed by atoms with van der Waals surface area (Å²) in [4.78, 5) is 0. The van der Waals surface area contributed by atoms with Crippen molar-refractivity contribution in [2.75, 3.05) is 13.1 Å². The van der Waals surface area contributed by atoms with Gasteiger partial charge in [-0.25, -0.2) is 0 Å². The lowest BCUT2D eigenvalue weighted by Crippen LogP contribution is -2.23. The van der Waals surface area contributed by atoms with E-state index in [0.717, 1.165) is 11.8 Å². The Hall–Kier alpha value is 0.920. The van der Waals surface area contributed by atoms with Crippen molar-refractivity contribution in [1.82, 2.24) is 5.32 Å². The Morgan fingerprint density at radius 3 is 2.56 bits per heavy atom. The summed E-state index contributed by atoms with van der Waals surface area (Å²) in [5.74, 6) is 1.73. The monoisotopic (exact) mass is 253 g/mol. The first-order valence-corrected chi connectivity index (χ1v) is 4.90. The average molecular weight is 255 g/mol. The van der Waals surface area contributed by atoms with Crippen molar-refractivity contribution in [3.05, 3.63) is 0 Å². The molecule has 2 atom stereocenters. The van der Waals surface area contributed by atoms with Crippen molar-refractivity contribution in [3.8, 4) is 0 Å². The number of halogens is 2. The zero-order valence-electron chi connectivity index (χ0n) is 5.03. The van der Waals surface area contributed by atoms with Crippen LogP contribution in [0.25, 0.3) is 0 Å². The van der Waals surface area contributed by atoms with Gasteiger partial charge in [-0.05, 0) is 18.9 Å². The third-order valence-electron chi connectivity index (χ3n) is 2.36. The zero-order valence-corrected chi connectivity index (χ0v) is 8.20. The number of rotatable bonds is 0. The molecule has 0 aromatic heterocycles. The molecule has 0 spiro atoms. The fraction of sp³-hybridized carbons (Fsp3) is 1.00. The first-order chi connectivity index (χ1) is 4.23. The van der Waals surface area contributed by atoms with Crippen LogP contribution in [0.15, 0.2) is 0 Å². The molecule has 1 nitrogen and oxygen atoms in total. The number of alkyl halides is 2. The zero-order chi connectivity index (χ0) is 6.48. The molecule has 1 saturated carbocycles. The summed E-state index contributed by atoms with van der Waals surface area (Å²) in [6.07, 6.45) is 1.32. The predicted octanol–water partition coefficient (Wildman–Crippen LogP) is 1.71. The SMILES string of the molecule is BrC1(Br)[C@@H]2CNCC[C@@H]21. The minimum atomic E-state index is 0.309. The van der Waals surface area contributed by atoms with Gasteiger partial charge in [-0.2, -0.15) is 0 Å². The molecule has 0 amide bonds. The highest BCUT2D eigenvalue weighted by atomic mass is 79.9. The second kappa shape index (κ2) is 1.95. The molecular formula is C6H9Br2N. The van der Waals surface area contributed by atoms with E-state index in [4.69, 9.17) is 0 Å². The quantitative estimate of drug-likeness (QED) is 0.650. The maximum atomic E-state index is 3.66. The molecule has 0 aromatic rings. The van der Waals surface area contributed by atoms with Crippen LogP contribution >= 0.6 is 31.9 Å².